The fraction of sp³-hybridized carbons (Fsp3) is 0. The number of hydrogen-bond donors (Lipinski definition) is 3. The molecule has 0 radical (unpaired) electrons. The quantitative estimate of drug-likeness (QED) is 0.538. The molecule has 0 amide bonds. The molecule has 0 unspecified atom stereocenters. The zero-order chi connectivity index (χ0) is 15.6. The highest BCUT2D eigenvalue weighted by Crippen LogP contribution is 2.35. The van der Waals surface area contributed by atoms with Crippen LogP contribution in [0.5, 0.6) is 5.75 Å². The molecule has 3 N–H and O–H groups in total. The molecule has 2 aromatic carbocycles. The molecule has 0 bridgehead atoms. The smallest absolute Gasteiger partial charge is 0.124 e. The topological polar surface area (TPSA) is 77.6 Å². The van der Waals surface area contributed by atoms with E-state index in [1.54, 1.807) is 18.3 Å². The lowest BCUT2D eigenvalue weighted by molar-refractivity contribution is 0.477. The van der Waals surface area contributed by atoms with Crippen molar-refractivity contribution in [2.75, 3.05) is 0 Å². The summed E-state index contributed by atoms with van der Waals surface area (Å²) in [4.78, 5) is 0. The summed E-state index contributed by atoms with van der Waals surface area (Å²) >= 11 is 0. The lowest BCUT2D eigenvalue weighted by atomic mass is 10.0. The third-order valence-electron chi connectivity index (χ3n) is 3.75. The average molecular weight is 302 g/mol. The van der Waals surface area contributed by atoms with Crippen LogP contribution in [0.15, 0.2) is 66.9 Å². The Labute approximate surface area is 132 Å². The second-order valence-corrected chi connectivity index (χ2v) is 5.21. The Balaban J connectivity index is 1.78. The first-order chi connectivity index (χ1) is 11.3. The van der Waals surface area contributed by atoms with Crippen LogP contribution in [0.2, 0.25) is 0 Å². The maximum absolute atomic E-state index is 10.1. The molecule has 0 fully saturated rings. The van der Waals surface area contributed by atoms with E-state index in [0.29, 0.717) is 5.56 Å². The Morgan fingerprint density at radius 3 is 2.43 bits per heavy atom. The zero-order valence-corrected chi connectivity index (χ0v) is 12.2. The Kier molecular flexibility index (Phi) is 3.16. The van der Waals surface area contributed by atoms with Crippen LogP contribution in [0, 0.1) is 0 Å². The van der Waals surface area contributed by atoms with Gasteiger partial charge in [0.05, 0.1) is 23.3 Å². The Bertz CT molecular complexity index is 940. The maximum Gasteiger partial charge on any atom is 0.124 e. The van der Waals surface area contributed by atoms with Gasteiger partial charge in [-0.2, -0.15) is 10.2 Å². The molecule has 0 aliphatic heterocycles. The lowest BCUT2D eigenvalue weighted by Gasteiger charge is -2.03. The summed E-state index contributed by atoms with van der Waals surface area (Å²) in [6, 6.07) is 19.1. The first-order valence-electron chi connectivity index (χ1n) is 7.26. The van der Waals surface area contributed by atoms with Crippen LogP contribution < -0.4 is 0 Å². The first kappa shape index (κ1) is 13.3. The lowest BCUT2D eigenvalue weighted by Crippen LogP contribution is -1.83. The molecule has 0 saturated carbocycles. The molecule has 5 heteroatoms. The van der Waals surface area contributed by atoms with Crippen molar-refractivity contribution in [3.05, 3.63) is 66.9 Å². The van der Waals surface area contributed by atoms with Crippen LogP contribution in [0.4, 0.5) is 0 Å². The number of H-pyrrole nitrogens is 2. The third-order valence-corrected chi connectivity index (χ3v) is 3.75. The van der Waals surface area contributed by atoms with Crippen LogP contribution in [-0.4, -0.2) is 25.5 Å². The molecule has 0 saturated heterocycles. The van der Waals surface area contributed by atoms with Gasteiger partial charge in [-0.15, -0.1) is 0 Å². The van der Waals surface area contributed by atoms with Gasteiger partial charge in [-0.25, -0.2) is 0 Å². The van der Waals surface area contributed by atoms with E-state index < -0.39 is 0 Å². The van der Waals surface area contributed by atoms with E-state index in [9.17, 15) is 5.11 Å². The zero-order valence-electron chi connectivity index (χ0n) is 12.2. The third kappa shape index (κ3) is 2.38. The molecule has 2 heterocycles. The van der Waals surface area contributed by atoms with Gasteiger partial charge in [-0.3, -0.25) is 10.2 Å². The molecule has 23 heavy (non-hydrogen) atoms. The van der Waals surface area contributed by atoms with Crippen molar-refractivity contribution < 1.29 is 5.11 Å². The normalized spacial score (nSPS) is 10.8. The fourth-order valence-corrected chi connectivity index (χ4v) is 2.60. The van der Waals surface area contributed by atoms with E-state index >= 15 is 0 Å². The number of phenols is 1. The second-order valence-electron chi connectivity index (χ2n) is 5.21. The molecule has 4 aromatic rings. The standard InChI is InChI=1S/C18H14N4O/c23-17-9-5-4-8-13(17)18-14(11-19-22-18)16-10-15(20-21-16)12-6-2-1-3-7-12/h1-11,23H,(H,19,22)(H,20,21). The number of aromatic hydroxyl groups is 1. The molecular weight excluding hydrogens is 288 g/mol. The van der Waals surface area contributed by atoms with Crippen molar-refractivity contribution in [1.82, 2.24) is 20.4 Å². The van der Waals surface area contributed by atoms with E-state index in [1.807, 2.05) is 48.5 Å². The van der Waals surface area contributed by atoms with Gasteiger partial charge in [0.1, 0.15) is 5.75 Å². The highest BCUT2D eigenvalue weighted by atomic mass is 16.3. The van der Waals surface area contributed by atoms with Crippen molar-refractivity contribution >= 4 is 0 Å². The summed E-state index contributed by atoms with van der Waals surface area (Å²) in [5.74, 6) is 0.209. The summed E-state index contributed by atoms with van der Waals surface area (Å²) in [5, 5.41) is 24.5. The molecular formula is C18H14N4O. The number of para-hydroxylation sites is 1. The summed E-state index contributed by atoms with van der Waals surface area (Å²) in [7, 11) is 0. The number of aromatic amines is 2. The minimum absolute atomic E-state index is 0.209. The highest BCUT2D eigenvalue weighted by molar-refractivity contribution is 5.82. The van der Waals surface area contributed by atoms with E-state index in [1.165, 1.54) is 0 Å². The summed E-state index contributed by atoms with van der Waals surface area (Å²) in [6.45, 7) is 0. The molecule has 0 aliphatic carbocycles. The minimum atomic E-state index is 0.209. The van der Waals surface area contributed by atoms with Crippen molar-refractivity contribution in [3.8, 4) is 39.5 Å². The molecule has 0 spiro atoms. The summed E-state index contributed by atoms with van der Waals surface area (Å²) in [5.41, 5.74) is 5.08. The van der Waals surface area contributed by atoms with Gasteiger partial charge in [0, 0.05) is 16.7 Å². The second kappa shape index (κ2) is 5.46. The average Bonchev–Trinajstić information content (AvgIpc) is 3.25. The highest BCUT2D eigenvalue weighted by Gasteiger charge is 2.15. The fourth-order valence-electron chi connectivity index (χ4n) is 2.60. The van der Waals surface area contributed by atoms with Crippen LogP contribution in [0.1, 0.15) is 0 Å². The monoisotopic (exact) mass is 302 g/mol. The number of rotatable bonds is 3. The first-order valence-corrected chi connectivity index (χ1v) is 7.26. The molecule has 0 aliphatic rings. The SMILES string of the molecule is Oc1ccccc1-c1[nH]ncc1-c1cc(-c2ccccc2)n[nH]1. The van der Waals surface area contributed by atoms with E-state index in [0.717, 1.165) is 28.2 Å². The largest absolute Gasteiger partial charge is 0.507 e. The molecule has 4 rings (SSSR count). The van der Waals surface area contributed by atoms with Gasteiger partial charge >= 0.3 is 0 Å². The van der Waals surface area contributed by atoms with Crippen molar-refractivity contribution in [3.63, 3.8) is 0 Å². The predicted molar refractivity (Wildman–Crippen MR) is 88.7 cm³/mol. The van der Waals surface area contributed by atoms with Gasteiger partial charge < -0.3 is 5.11 Å². The molecule has 2 aromatic heterocycles. The van der Waals surface area contributed by atoms with Gasteiger partial charge in [0.2, 0.25) is 0 Å². The van der Waals surface area contributed by atoms with Gasteiger partial charge in [0.25, 0.3) is 0 Å². The predicted octanol–water partition coefficient (Wildman–Crippen LogP) is 3.84. The molecule has 0 atom stereocenters. The van der Waals surface area contributed by atoms with Gasteiger partial charge in [-0.1, -0.05) is 42.5 Å². The van der Waals surface area contributed by atoms with Crippen LogP contribution in [0.25, 0.3) is 33.8 Å². The van der Waals surface area contributed by atoms with Crippen LogP contribution in [0.3, 0.4) is 0 Å². The van der Waals surface area contributed by atoms with E-state index in [4.69, 9.17) is 0 Å². The number of nitrogens with zero attached hydrogens (tertiary/aromatic N) is 2. The van der Waals surface area contributed by atoms with Crippen LogP contribution >= 0.6 is 0 Å². The molecule has 112 valence electrons. The van der Waals surface area contributed by atoms with Crippen molar-refractivity contribution in [2.45, 2.75) is 0 Å². The van der Waals surface area contributed by atoms with Crippen molar-refractivity contribution in [1.29, 1.82) is 0 Å². The number of aromatic nitrogens is 4. The van der Waals surface area contributed by atoms with E-state index in [2.05, 4.69) is 20.4 Å². The Hall–Kier alpha value is -3.34. The number of benzene rings is 2. The summed E-state index contributed by atoms with van der Waals surface area (Å²) in [6.07, 6.45) is 1.73. The minimum Gasteiger partial charge on any atom is -0.507 e. The Morgan fingerprint density at radius 2 is 1.61 bits per heavy atom. The maximum atomic E-state index is 10.1. The van der Waals surface area contributed by atoms with Crippen molar-refractivity contribution in [2.24, 2.45) is 0 Å². The number of nitrogens with one attached hydrogen (secondary N) is 2. The van der Waals surface area contributed by atoms with Gasteiger partial charge in [-0.05, 0) is 18.2 Å². The van der Waals surface area contributed by atoms with E-state index in [-0.39, 0.29) is 5.75 Å². The van der Waals surface area contributed by atoms with Crippen LogP contribution in [-0.2, 0) is 0 Å². The van der Waals surface area contributed by atoms with Gasteiger partial charge in [0.15, 0.2) is 0 Å². The Morgan fingerprint density at radius 1 is 0.826 bits per heavy atom. The summed E-state index contributed by atoms with van der Waals surface area (Å²) < 4.78 is 0. The molecule has 5 nitrogen and oxygen atoms in total. The number of hydrogen-bond acceptors (Lipinski definition) is 3. The number of phenolic OH excluding ortho intramolecular Hbond substituents is 1.